The number of aliphatic hydroxyl groups is 3. The molecule has 0 aromatic carbocycles. The number of rotatable bonds is 4. The third-order valence-electron chi connectivity index (χ3n) is 5.03. The average molecular weight is 406 g/mol. The van der Waals surface area contributed by atoms with E-state index in [-0.39, 0.29) is 23.5 Å². The zero-order chi connectivity index (χ0) is 20.0. The zero-order valence-corrected chi connectivity index (χ0v) is 15.8. The van der Waals surface area contributed by atoms with Crippen molar-refractivity contribution in [3.63, 3.8) is 0 Å². The Morgan fingerprint density at radius 3 is 2.79 bits per heavy atom. The second-order valence-corrected chi connectivity index (χ2v) is 7.34. The summed E-state index contributed by atoms with van der Waals surface area (Å²) in [5.41, 5.74) is 7.56. The van der Waals surface area contributed by atoms with E-state index in [2.05, 4.69) is 20.3 Å². The quantitative estimate of drug-likeness (QED) is 0.405. The van der Waals surface area contributed by atoms with Crippen molar-refractivity contribution in [2.75, 3.05) is 17.7 Å². The molecule has 0 amide bonds. The number of nitrogens with two attached hydrogens (primary N) is 1. The number of nitrogen functional groups attached to an aromatic ring is 1. The normalized spacial score (nSPS) is 24.8. The van der Waals surface area contributed by atoms with Gasteiger partial charge in [0.15, 0.2) is 5.58 Å². The van der Waals surface area contributed by atoms with E-state index in [0.717, 1.165) is 11.1 Å². The largest absolute Gasteiger partial charge is 0.454 e. The first-order valence-corrected chi connectivity index (χ1v) is 9.18. The van der Waals surface area contributed by atoms with E-state index in [0.29, 0.717) is 23.3 Å². The summed E-state index contributed by atoms with van der Waals surface area (Å²) in [4.78, 5) is 12.4. The summed E-state index contributed by atoms with van der Waals surface area (Å²) >= 11 is 6.34. The molecule has 9 nitrogen and oxygen atoms in total. The van der Waals surface area contributed by atoms with Crippen LogP contribution in [0.2, 0.25) is 5.15 Å². The van der Waals surface area contributed by atoms with Gasteiger partial charge in [-0.3, -0.25) is 4.98 Å². The van der Waals surface area contributed by atoms with Crippen LogP contribution in [0.4, 0.5) is 11.8 Å². The monoisotopic (exact) mass is 405 g/mol. The lowest BCUT2D eigenvalue weighted by Crippen LogP contribution is -2.35. The summed E-state index contributed by atoms with van der Waals surface area (Å²) in [6.07, 6.45) is -0.150. The van der Waals surface area contributed by atoms with Gasteiger partial charge in [-0.1, -0.05) is 11.6 Å². The molecule has 0 spiro atoms. The Balaban J connectivity index is 1.75. The van der Waals surface area contributed by atoms with Crippen LogP contribution in [-0.4, -0.2) is 55.1 Å². The fourth-order valence-electron chi connectivity index (χ4n) is 3.58. The Morgan fingerprint density at radius 1 is 1.29 bits per heavy atom. The van der Waals surface area contributed by atoms with E-state index >= 15 is 0 Å². The zero-order valence-electron chi connectivity index (χ0n) is 15.0. The van der Waals surface area contributed by atoms with Gasteiger partial charge in [0.1, 0.15) is 22.8 Å². The highest BCUT2D eigenvalue weighted by Gasteiger charge is 2.41. The maximum absolute atomic E-state index is 10.3. The van der Waals surface area contributed by atoms with Gasteiger partial charge in [0.05, 0.1) is 23.9 Å². The number of hydrogen-bond donors (Lipinski definition) is 5. The smallest absolute Gasteiger partial charge is 0.223 e. The predicted molar refractivity (Wildman–Crippen MR) is 104 cm³/mol. The number of nitrogens with zero attached hydrogens (tertiary/aromatic N) is 3. The Morgan fingerprint density at radius 2 is 2.07 bits per heavy atom. The Kier molecular flexibility index (Phi) is 4.84. The van der Waals surface area contributed by atoms with Gasteiger partial charge < -0.3 is 30.8 Å². The predicted octanol–water partition coefficient (Wildman–Crippen LogP) is 1.34. The van der Waals surface area contributed by atoms with Crippen molar-refractivity contribution in [2.45, 2.75) is 31.6 Å². The molecule has 10 heteroatoms. The van der Waals surface area contributed by atoms with Crippen LogP contribution in [0.1, 0.15) is 12.1 Å². The molecule has 1 aliphatic rings. The highest BCUT2D eigenvalue weighted by Crippen LogP contribution is 2.38. The number of pyridine rings is 1. The number of fused-ring (bicyclic) bond motifs is 1. The number of halogens is 1. The molecule has 4 atom stereocenters. The summed E-state index contributed by atoms with van der Waals surface area (Å²) in [6.45, 7) is 1.65. The highest BCUT2D eigenvalue weighted by molar-refractivity contribution is 6.32. The lowest BCUT2D eigenvalue weighted by atomic mass is 10.1. The number of aryl methyl sites for hydroxylation is 1. The van der Waals surface area contributed by atoms with Crippen LogP contribution in [0.5, 0.6) is 0 Å². The Hall–Kier alpha value is -2.46. The van der Waals surface area contributed by atoms with Gasteiger partial charge >= 0.3 is 0 Å². The van der Waals surface area contributed by atoms with Gasteiger partial charge in [-0.25, -0.2) is 4.98 Å². The van der Waals surface area contributed by atoms with Crippen LogP contribution in [0.15, 0.2) is 22.7 Å². The van der Waals surface area contributed by atoms with Crippen molar-refractivity contribution in [3.8, 4) is 11.3 Å². The number of aliphatic hydroxyl groups excluding tert-OH is 3. The molecule has 0 unspecified atom stereocenters. The standard InChI is InChI=1S/C18H20ClN5O4/c1-7-2-8-4-11(28-12(8)5-21-7)13-16(19)23-18(20)24-17(13)22-10-3-9(6-25)14(26)15(10)27/h2,4-5,9-10,14-15,25-27H,3,6H2,1H3,(H3,20,22,23,24)/t9-,10-,14-,15+/m1/s1. The molecule has 148 valence electrons. The van der Waals surface area contributed by atoms with Crippen molar-refractivity contribution in [3.05, 3.63) is 29.2 Å². The fraction of sp³-hybridized carbons (Fsp3) is 0.389. The number of hydrogen-bond acceptors (Lipinski definition) is 9. The summed E-state index contributed by atoms with van der Waals surface area (Å²) in [5.74, 6) is 0.209. The third kappa shape index (κ3) is 3.26. The van der Waals surface area contributed by atoms with E-state index in [9.17, 15) is 15.3 Å². The molecule has 28 heavy (non-hydrogen) atoms. The van der Waals surface area contributed by atoms with Crippen LogP contribution < -0.4 is 11.1 Å². The number of aromatic nitrogens is 3. The molecule has 0 aliphatic heterocycles. The maximum atomic E-state index is 10.3. The van der Waals surface area contributed by atoms with Gasteiger partial charge in [0.2, 0.25) is 5.95 Å². The molecule has 3 aromatic rings. The molecule has 4 rings (SSSR count). The Labute approximate surface area is 165 Å². The summed E-state index contributed by atoms with van der Waals surface area (Å²) in [6, 6.07) is 3.13. The SMILES string of the molecule is Cc1cc2cc(-c3c(Cl)nc(N)nc3N[C@@H]3C[C@H](CO)[C@@H](O)[C@H]3O)oc2cn1. The first kappa shape index (κ1) is 18.9. The van der Waals surface area contributed by atoms with Crippen LogP contribution in [0.3, 0.4) is 0 Å². The molecular weight excluding hydrogens is 386 g/mol. The molecule has 0 saturated heterocycles. The number of nitrogens with one attached hydrogen (secondary N) is 1. The molecule has 1 aliphatic carbocycles. The molecule has 1 saturated carbocycles. The van der Waals surface area contributed by atoms with Gasteiger partial charge in [-0.05, 0) is 25.5 Å². The van der Waals surface area contributed by atoms with Crippen molar-refractivity contribution in [1.82, 2.24) is 15.0 Å². The number of furan rings is 1. The van der Waals surface area contributed by atoms with Crippen LogP contribution in [0.25, 0.3) is 22.3 Å². The van der Waals surface area contributed by atoms with E-state index in [1.165, 1.54) is 0 Å². The minimum Gasteiger partial charge on any atom is -0.454 e. The molecule has 0 radical (unpaired) electrons. The van der Waals surface area contributed by atoms with Gasteiger partial charge in [-0.2, -0.15) is 4.98 Å². The average Bonchev–Trinajstić information content (AvgIpc) is 3.16. The topological polar surface area (TPSA) is 151 Å². The molecule has 1 fully saturated rings. The summed E-state index contributed by atoms with van der Waals surface area (Å²) in [5, 5.41) is 33.8. The lowest BCUT2D eigenvalue weighted by molar-refractivity contribution is 0.00446. The van der Waals surface area contributed by atoms with E-state index in [4.69, 9.17) is 21.8 Å². The van der Waals surface area contributed by atoms with E-state index in [1.807, 2.05) is 13.0 Å². The third-order valence-corrected chi connectivity index (χ3v) is 5.30. The molecule has 3 heterocycles. The van der Waals surface area contributed by atoms with Crippen molar-refractivity contribution in [1.29, 1.82) is 0 Å². The molecule has 3 aromatic heterocycles. The molecule has 6 N–H and O–H groups in total. The lowest BCUT2D eigenvalue weighted by Gasteiger charge is -2.20. The first-order valence-electron chi connectivity index (χ1n) is 8.80. The van der Waals surface area contributed by atoms with Crippen LogP contribution in [0, 0.1) is 12.8 Å². The minimum atomic E-state index is -1.08. The van der Waals surface area contributed by atoms with Gasteiger partial charge in [-0.15, -0.1) is 0 Å². The van der Waals surface area contributed by atoms with Gasteiger partial charge in [0, 0.05) is 23.6 Å². The van der Waals surface area contributed by atoms with Crippen molar-refractivity contribution in [2.24, 2.45) is 5.92 Å². The van der Waals surface area contributed by atoms with Gasteiger partial charge in [0.25, 0.3) is 0 Å². The first-order chi connectivity index (χ1) is 13.4. The second-order valence-electron chi connectivity index (χ2n) is 6.98. The van der Waals surface area contributed by atoms with E-state index < -0.39 is 24.2 Å². The van der Waals surface area contributed by atoms with Crippen molar-refractivity contribution >= 4 is 34.3 Å². The number of anilines is 2. The summed E-state index contributed by atoms with van der Waals surface area (Å²) < 4.78 is 5.87. The summed E-state index contributed by atoms with van der Waals surface area (Å²) in [7, 11) is 0. The van der Waals surface area contributed by atoms with Crippen LogP contribution >= 0.6 is 11.6 Å². The minimum absolute atomic E-state index is 0.0448. The second kappa shape index (κ2) is 7.17. The van der Waals surface area contributed by atoms with Crippen molar-refractivity contribution < 1.29 is 19.7 Å². The Bertz CT molecular complexity index is 1030. The fourth-order valence-corrected chi connectivity index (χ4v) is 3.84. The maximum Gasteiger partial charge on any atom is 0.223 e. The van der Waals surface area contributed by atoms with E-state index in [1.54, 1.807) is 12.3 Å². The van der Waals surface area contributed by atoms with Crippen LogP contribution in [-0.2, 0) is 0 Å². The highest BCUT2D eigenvalue weighted by atomic mass is 35.5. The molecular formula is C18H20ClN5O4. The molecule has 0 bridgehead atoms.